The molecule has 11 nitrogen and oxygen atoms in total. The van der Waals surface area contributed by atoms with Crippen LogP contribution in [0.4, 0.5) is 21.9 Å². The first-order valence-corrected chi connectivity index (χ1v) is 8.34. The van der Waals surface area contributed by atoms with Crippen molar-refractivity contribution in [2.45, 2.75) is 13.0 Å². The summed E-state index contributed by atoms with van der Waals surface area (Å²) in [7, 11) is 0. The predicted molar refractivity (Wildman–Crippen MR) is 102 cm³/mol. The monoisotopic (exact) mass is 397 g/mol. The molecule has 0 aliphatic carbocycles. The maximum atomic E-state index is 12.9. The second-order valence-corrected chi connectivity index (χ2v) is 6.18. The molecule has 1 atom stereocenters. The zero-order chi connectivity index (χ0) is 21.1. The number of nitrogens with one attached hydrogen (secondary N) is 3. The molecule has 0 aromatic heterocycles. The van der Waals surface area contributed by atoms with Gasteiger partial charge in [0.05, 0.1) is 21.5 Å². The van der Waals surface area contributed by atoms with Crippen molar-refractivity contribution < 1.29 is 19.4 Å². The number of rotatable bonds is 5. The molecule has 0 unspecified atom stereocenters. The van der Waals surface area contributed by atoms with Gasteiger partial charge in [-0.1, -0.05) is 18.2 Å². The molecule has 3 amide bonds. The normalized spacial score (nSPS) is 15.9. The van der Waals surface area contributed by atoms with E-state index in [0.29, 0.717) is 5.56 Å². The van der Waals surface area contributed by atoms with Gasteiger partial charge in [-0.15, -0.1) is 0 Å². The number of benzene rings is 2. The standard InChI is InChI=1S/C18H15N5O6/c1-10-15(17(24)20-12-5-3-7-14(9-12)23(28)29)16(21-18(25)19-10)11-4-2-6-13(8-11)22(26)27/h2-9,16H,1H3,(H,20,24)(H2,19,21,25)/t16-/m1/s1. The number of carbonyl (C=O) groups excluding carboxylic acids is 2. The van der Waals surface area contributed by atoms with Crippen LogP contribution in [0.5, 0.6) is 0 Å². The highest BCUT2D eigenvalue weighted by atomic mass is 16.6. The van der Waals surface area contributed by atoms with E-state index in [9.17, 15) is 29.8 Å². The van der Waals surface area contributed by atoms with Gasteiger partial charge in [0, 0.05) is 35.6 Å². The minimum Gasteiger partial charge on any atom is -0.327 e. The predicted octanol–water partition coefficient (Wildman–Crippen LogP) is 2.77. The first kappa shape index (κ1) is 19.5. The van der Waals surface area contributed by atoms with Crippen molar-refractivity contribution in [2.75, 3.05) is 5.32 Å². The quantitative estimate of drug-likeness (QED) is 0.520. The van der Waals surface area contributed by atoms with Gasteiger partial charge in [0.15, 0.2) is 0 Å². The van der Waals surface area contributed by atoms with Gasteiger partial charge in [0.2, 0.25) is 0 Å². The lowest BCUT2D eigenvalue weighted by Gasteiger charge is -2.28. The summed E-state index contributed by atoms with van der Waals surface area (Å²) in [5.74, 6) is -0.619. The second-order valence-electron chi connectivity index (χ2n) is 6.18. The van der Waals surface area contributed by atoms with E-state index in [-0.39, 0.29) is 28.3 Å². The number of nitro groups is 2. The van der Waals surface area contributed by atoms with Crippen molar-refractivity contribution in [3.63, 3.8) is 0 Å². The molecule has 11 heteroatoms. The molecular formula is C18H15N5O6. The van der Waals surface area contributed by atoms with Crippen molar-refractivity contribution in [1.82, 2.24) is 10.6 Å². The Balaban J connectivity index is 1.96. The van der Waals surface area contributed by atoms with Crippen LogP contribution in [-0.4, -0.2) is 21.8 Å². The van der Waals surface area contributed by atoms with E-state index >= 15 is 0 Å². The third-order valence-electron chi connectivity index (χ3n) is 4.24. The van der Waals surface area contributed by atoms with Gasteiger partial charge in [-0.05, 0) is 18.6 Å². The van der Waals surface area contributed by atoms with Crippen LogP contribution in [-0.2, 0) is 4.79 Å². The van der Waals surface area contributed by atoms with Gasteiger partial charge >= 0.3 is 6.03 Å². The van der Waals surface area contributed by atoms with Gasteiger partial charge in [-0.3, -0.25) is 25.0 Å². The first-order valence-electron chi connectivity index (χ1n) is 8.34. The van der Waals surface area contributed by atoms with Gasteiger partial charge in [-0.25, -0.2) is 4.79 Å². The van der Waals surface area contributed by atoms with Crippen molar-refractivity contribution in [3.05, 3.63) is 85.6 Å². The molecule has 0 fully saturated rings. The number of non-ortho nitro benzene ring substituents is 2. The largest absolute Gasteiger partial charge is 0.327 e. The van der Waals surface area contributed by atoms with Crippen molar-refractivity contribution in [1.29, 1.82) is 0 Å². The van der Waals surface area contributed by atoms with E-state index in [1.54, 1.807) is 6.07 Å². The number of hydrogen-bond acceptors (Lipinski definition) is 6. The lowest BCUT2D eigenvalue weighted by Crippen LogP contribution is -2.46. The van der Waals surface area contributed by atoms with Crippen molar-refractivity contribution >= 4 is 29.0 Å². The average molecular weight is 397 g/mol. The number of amides is 3. The van der Waals surface area contributed by atoms with E-state index in [2.05, 4.69) is 16.0 Å². The van der Waals surface area contributed by atoms with Crippen LogP contribution in [0.1, 0.15) is 18.5 Å². The van der Waals surface area contributed by atoms with Crippen LogP contribution in [0.3, 0.4) is 0 Å². The van der Waals surface area contributed by atoms with Crippen molar-refractivity contribution in [2.24, 2.45) is 0 Å². The molecule has 0 saturated carbocycles. The molecular weight excluding hydrogens is 382 g/mol. The highest BCUT2D eigenvalue weighted by Gasteiger charge is 2.32. The molecule has 2 aromatic carbocycles. The van der Waals surface area contributed by atoms with E-state index in [4.69, 9.17) is 0 Å². The minimum atomic E-state index is -0.942. The van der Waals surface area contributed by atoms with Crippen LogP contribution in [0, 0.1) is 20.2 Å². The maximum Gasteiger partial charge on any atom is 0.319 e. The maximum absolute atomic E-state index is 12.9. The smallest absolute Gasteiger partial charge is 0.319 e. The van der Waals surface area contributed by atoms with E-state index in [0.717, 1.165) is 0 Å². The first-order chi connectivity index (χ1) is 13.8. The second kappa shape index (κ2) is 7.76. The number of carbonyl (C=O) groups is 2. The van der Waals surface area contributed by atoms with Gasteiger partial charge in [-0.2, -0.15) is 0 Å². The highest BCUT2D eigenvalue weighted by molar-refractivity contribution is 6.06. The summed E-state index contributed by atoms with van der Waals surface area (Å²) in [6.45, 7) is 1.52. The van der Waals surface area contributed by atoms with Crippen molar-refractivity contribution in [3.8, 4) is 0 Å². The molecule has 2 aromatic rings. The van der Waals surface area contributed by atoms with E-state index < -0.39 is 27.8 Å². The topological polar surface area (TPSA) is 157 Å². The third-order valence-corrected chi connectivity index (χ3v) is 4.24. The molecule has 0 saturated heterocycles. The Morgan fingerprint density at radius 2 is 1.66 bits per heavy atom. The fraction of sp³-hybridized carbons (Fsp3) is 0.111. The molecule has 0 spiro atoms. The molecule has 29 heavy (non-hydrogen) atoms. The molecule has 1 aliphatic rings. The van der Waals surface area contributed by atoms with E-state index in [1.807, 2.05) is 0 Å². The van der Waals surface area contributed by atoms with Gasteiger partial charge in [0.25, 0.3) is 17.3 Å². The number of urea groups is 1. The fourth-order valence-corrected chi connectivity index (χ4v) is 2.96. The summed E-state index contributed by atoms with van der Waals surface area (Å²) in [5.41, 5.74) is 0.534. The SMILES string of the molecule is CC1=C(C(=O)Nc2cccc([N+](=O)[O-])c2)[C@@H](c2cccc([N+](=O)[O-])c2)NC(=O)N1. The zero-order valence-electron chi connectivity index (χ0n) is 15.0. The van der Waals surface area contributed by atoms with E-state index in [1.165, 1.54) is 49.4 Å². The zero-order valence-corrected chi connectivity index (χ0v) is 15.0. The third kappa shape index (κ3) is 4.18. The summed E-state index contributed by atoms with van der Waals surface area (Å²) in [6, 6.07) is 9.46. The molecule has 0 bridgehead atoms. The molecule has 1 heterocycles. The number of nitro benzene ring substituents is 2. The van der Waals surface area contributed by atoms with Crippen LogP contribution < -0.4 is 16.0 Å². The Bertz CT molecular complexity index is 1060. The minimum absolute atomic E-state index is 0.122. The Morgan fingerprint density at radius 3 is 2.31 bits per heavy atom. The summed E-state index contributed by atoms with van der Waals surface area (Å²) < 4.78 is 0. The summed E-state index contributed by atoms with van der Waals surface area (Å²) >= 11 is 0. The summed E-state index contributed by atoms with van der Waals surface area (Å²) in [5, 5.41) is 29.6. The molecule has 3 rings (SSSR count). The lowest BCUT2D eigenvalue weighted by molar-refractivity contribution is -0.385. The molecule has 1 aliphatic heterocycles. The molecule has 3 N–H and O–H groups in total. The van der Waals surface area contributed by atoms with Crippen LogP contribution >= 0.6 is 0 Å². The van der Waals surface area contributed by atoms with Crippen LogP contribution in [0.15, 0.2) is 59.8 Å². The highest BCUT2D eigenvalue weighted by Crippen LogP contribution is 2.30. The Morgan fingerprint density at radius 1 is 1.03 bits per heavy atom. The fourth-order valence-electron chi connectivity index (χ4n) is 2.96. The average Bonchev–Trinajstić information content (AvgIpc) is 2.67. The number of nitrogens with zero attached hydrogens (tertiary/aromatic N) is 2. The van der Waals surface area contributed by atoms with Gasteiger partial charge in [0.1, 0.15) is 0 Å². The Labute approximate surface area is 163 Å². The number of allylic oxidation sites excluding steroid dienone is 1. The van der Waals surface area contributed by atoms with Gasteiger partial charge < -0.3 is 16.0 Å². The van der Waals surface area contributed by atoms with Crippen LogP contribution in [0.2, 0.25) is 0 Å². The Hall–Kier alpha value is -4.28. The molecule has 148 valence electrons. The number of hydrogen-bond donors (Lipinski definition) is 3. The van der Waals surface area contributed by atoms with Crippen LogP contribution in [0.25, 0.3) is 0 Å². The lowest BCUT2D eigenvalue weighted by atomic mass is 9.94. The summed E-state index contributed by atoms with van der Waals surface area (Å²) in [4.78, 5) is 45.7. The Kier molecular flexibility index (Phi) is 5.21. The number of anilines is 1. The summed E-state index contributed by atoms with van der Waals surface area (Å²) in [6.07, 6.45) is 0. The molecule has 0 radical (unpaired) electrons.